The van der Waals surface area contributed by atoms with Crippen LogP contribution in [-0.4, -0.2) is 23.3 Å². The lowest BCUT2D eigenvalue weighted by molar-refractivity contribution is -0.128. The van der Waals surface area contributed by atoms with Crippen LogP contribution in [0.1, 0.15) is 46.3 Å². The highest BCUT2D eigenvalue weighted by Crippen LogP contribution is 2.25. The molecule has 4 nitrogen and oxygen atoms in total. The summed E-state index contributed by atoms with van der Waals surface area (Å²) in [6.07, 6.45) is 5.00. The molecule has 1 aliphatic carbocycles. The molecule has 0 bridgehead atoms. The summed E-state index contributed by atoms with van der Waals surface area (Å²) in [4.78, 5) is 26.2. The van der Waals surface area contributed by atoms with E-state index in [1.54, 1.807) is 0 Å². The molecule has 1 fully saturated rings. The molecule has 1 heterocycles. The average molecular weight is 334 g/mol. The SMILES string of the molecule is O=C(Nc1ccc2c(c1)CCC2)c1cccc(CN2CCCC2=O)c1. The number of nitrogens with one attached hydrogen (secondary N) is 1. The molecule has 2 aliphatic rings. The van der Waals surface area contributed by atoms with Crippen LogP contribution in [0.4, 0.5) is 5.69 Å². The summed E-state index contributed by atoms with van der Waals surface area (Å²) in [6, 6.07) is 13.7. The second kappa shape index (κ2) is 6.71. The van der Waals surface area contributed by atoms with Crippen LogP contribution in [0.5, 0.6) is 0 Å². The van der Waals surface area contributed by atoms with Gasteiger partial charge in [-0.1, -0.05) is 18.2 Å². The summed E-state index contributed by atoms with van der Waals surface area (Å²) < 4.78 is 0. The zero-order chi connectivity index (χ0) is 17.2. The number of hydrogen-bond donors (Lipinski definition) is 1. The summed E-state index contributed by atoms with van der Waals surface area (Å²) >= 11 is 0. The Morgan fingerprint density at radius 3 is 2.72 bits per heavy atom. The van der Waals surface area contributed by atoms with Gasteiger partial charge in [0.25, 0.3) is 5.91 Å². The second-order valence-corrected chi connectivity index (χ2v) is 6.91. The van der Waals surface area contributed by atoms with Crippen molar-refractivity contribution < 1.29 is 9.59 Å². The van der Waals surface area contributed by atoms with Crippen LogP contribution in [0, 0.1) is 0 Å². The molecule has 2 aromatic rings. The number of aryl methyl sites for hydroxylation is 2. The minimum absolute atomic E-state index is 0.104. The summed E-state index contributed by atoms with van der Waals surface area (Å²) in [5, 5.41) is 3.00. The van der Waals surface area contributed by atoms with Crippen LogP contribution in [0.2, 0.25) is 0 Å². The number of fused-ring (bicyclic) bond motifs is 1. The van der Waals surface area contributed by atoms with Crippen LogP contribution in [-0.2, 0) is 24.2 Å². The van der Waals surface area contributed by atoms with Gasteiger partial charge in [-0.15, -0.1) is 0 Å². The number of carbonyl (C=O) groups is 2. The molecule has 4 heteroatoms. The molecule has 4 rings (SSSR count). The molecule has 25 heavy (non-hydrogen) atoms. The maximum absolute atomic E-state index is 12.6. The lowest BCUT2D eigenvalue weighted by Crippen LogP contribution is -2.24. The fourth-order valence-corrected chi connectivity index (χ4v) is 3.76. The highest BCUT2D eigenvalue weighted by molar-refractivity contribution is 6.04. The van der Waals surface area contributed by atoms with Crippen LogP contribution in [0.3, 0.4) is 0 Å². The summed E-state index contributed by atoms with van der Waals surface area (Å²) in [5.74, 6) is 0.0977. The maximum atomic E-state index is 12.6. The van der Waals surface area contributed by atoms with E-state index in [0.717, 1.165) is 37.1 Å². The van der Waals surface area contributed by atoms with Gasteiger partial charge in [0.2, 0.25) is 5.91 Å². The first kappa shape index (κ1) is 15.9. The lowest BCUT2D eigenvalue weighted by atomic mass is 10.1. The molecular formula is C21H22N2O2. The minimum atomic E-state index is -0.104. The van der Waals surface area contributed by atoms with Gasteiger partial charge in [-0.3, -0.25) is 9.59 Å². The molecule has 1 N–H and O–H groups in total. The number of hydrogen-bond acceptors (Lipinski definition) is 2. The Morgan fingerprint density at radius 1 is 1.00 bits per heavy atom. The Kier molecular flexibility index (Phi) is 4.26. The van der Waals surface area contributed by atoms with Crippen molar-refractivity contribution in [2.75, 3.05) is 11.9 Å². The fraction of sp³-hybridized carbons (Fsp3) is 0.333. The predicted molar refractivity (Wildman–Crippen MR) is 97.5 cm³/mol. The van der Waals surface area contributed by atoms with E-state index < -0.39 is 0 Å². The molecule has 1 aliphatic heterocycles. The molecule has 2 aromatic carbocycles. The van der Waals surface area contributed by atoms with Gasteiger partial charge in [-0.25, -0.2) is 0 Å². The number of amides is 2. The van der Waals surface area contributed by atoms with Crippen LogP contribution in [0.25, 0.3) is 0 Å². The van der Waals surface area contributed by atoms with Gasteiger partial charge < -0.3 is 10.2 Å². The Hall–Kier alpha value is -2.62. The van der Waals surface area contributed by atoms with Gasteiger partial charge in [0, 0.05) is 30.8 Å². The maximum Gasteiger partial charge on any atom is 0.255 e. The van der Waals surface area contributed by atoms with E-state index in [-0.39, 0.29) is 11.8 Å². The molecule has 128 valence electrons. The van der Waals surface area contributed by atoms with Gasteiger partial charge in [0.1, 0.15) is 0 Å². The zero-order valence-corrected chi connectivity index (χ0v) is 14.3. The van der Waals surface area contributed by atoms with E-state index in [9.17, 15) is 9.59 Å². The first-order valence-corrected chi connectivity index (χ1v) is 8.99. The van der Waals surface area contributed by atoms with Crippen molar-refractivity contribution in [2.24, 2.45) is 0 Å². The molecule has 0 atom stereocenters. The molecule has 0 spiro atoms. The molecule has 1 saturated heterocycles. The number of anilines is 1. The molecule has 0 unspecified atom stereocenters. The zero-order valence-electron chi connectivity index (χ0n) is 14.3. The van der Waals surface area contributed by atoms with E-state index in [1.807, 2.05) is 35.2 Å². The van der Waals surface area contributed by atoms with Gasteiger partial charge in [0.15, 0.2) is 0 Å². The second-order valence-electron chi connectivity index (χ2n) is 6.91. The van der Waals surface area contributed by atoms with Crippen molar-refractivity contribution in [3.8, 4) is 0 Å². The van der Waals surface area contributed by atoms with Crippen LogP contribution >= 0.6 is 0 Å². The molecule has 0 saturated carbocycles. The van der Waals surface area contributed by atoms with E-state index in [1.165, 1.54) is 17.5 Å². The largest absolute Gasteiger partial charge is 0.338 e. The Labute approximate surface area is 147 Å². The highest BCUT2D eigenvalue weighted by atomic mass is 16.2. The predicted octanol–water partition coefficient (Wildman–Crippen LogP) is 3.55. The van der Waals surface area contributed by atoms with Crippen molar-refractivity contribution in [3.63, 3.8) is 0 Å². The minimum Gasteiger partial charge on any atom is -0.338 e. The third-order valence-corrected chi connectivity index (χ3v) is 5.09. The monoisotopic (exact) mass is 334 g/mol. The first-order valence-electron chi connectivity index (χ1n) is 8.99. The van der Waals surface area contributed by atoms with E-state index in [0.29, 0.717) is 18.5 Å². The number of rotatable bonds is 4. The number of carbonyl (C=O) groups excluding carboxylic acids is 2. The van der Waals surface area contributed by atoms with Gasteiger partial charge in [-0.2, -0.15) is 0 Å². The van der Waals surface area contributed by atoms with Crippen molar-refractivity contribution in [2.45, 2.75) is 38.6 Å². The van der Waals surface area contributed by atoms with Crippen molar-refractivity contribution in [1.82, 2.24) is 4.90 Å². The normalized spacial score (nSPS) is 16.2. The standard InChI is InChI=1S/C21H22N2O2/c24-20-8-3-11-23(20)14-15-4-1-7-18(12-15)21(25)22-19-10-9-16-5-2-6-17(16)13-19/h1,4,7,9-10,12-13H,2-3,5-6,8,11,14H2,(H,22,25). The van der Waals surface area contributed by atoms with E-state index in [4.69, 9.17) is 0 Å². The van der Waals surface area contributed by atoms with Crippen molar-refractivity contribution in [1.29, 1.82) is 0 Å². The third-order valence-electron chi connectivity index (χ3n) is 5.09. The Balaban J connectivity index is 1.46. The van der Waals surface area contributed by atoms with Gasteiger partial charge >= 0.3 is 0 Å². The highest BCUT2D eigenvalue weighted by Gasteiger charge is 2.20. The smallest absolute Gasteiger partial charge is 0.255 e. The third kappa shape index (κ3) is 3.43. The number of likely N-dealkylation sites (tertiary alicyclic amines) is 1. The Morgan fingerprint density at radius 2 is 1.88 bits per heavy atom. The number of nitrogens with zero attached hydrogens (tertiary/aromatic N) is 1. The summed E-state index contributed by atoms with van der Waals surface area (Å²) in [6.45, 7) is 1.39. The molecule has 0 aromatic heterocycles. The van der Waals surface area contributed by atoms with Crippen molar-refractivity contribution in [3.05, 3.63) is 64.7 Å². The van der Waals surface area contributed by atoms with E-state index in [2.05, 4.69) is 17.4 Å². The quantitative estimate of drug-likeness (QED) is 0.929. The van der Waals surface area contributed by atoms with Crippen LogP contribution in [0.15, 0.2) is 42.5 Å². The average Bonchev–Trinajstić information content (AvgIpc) is 3.24. The van der Waals surface area contributed by atoms with Crippen molar-refractivity contribution >= 4 is 17.5 Å². The molecular weight excluding hydrogens is 312 g/mol. The fourth-order valence-electron chi connectivity index (χ4n) is 3.76. The van der Waals surface area contributed by atoms with Gasteiger partial charge in [0.05, 0.1) is 0 Å². The van der Waals surface area contributed by atoms with Gasteiger partial charge in [-0.05, 0) is 66.6 Å². The molecule has 2 amide bonds. The Bertz CT molecular complexity index is 828. The van der Waals surface area contributed by atoms with Crippen LogP contribution < -0.4 is 5.32 Å². The first-order chi connectivity index (χ1) is 12.2. The molecule has 0 radical (unpaired) electrons. The lowest BCUT2D eigenvalue weighted by Gasteiger charge is -2.16. The topological polar surface area (TPSA) is 49.4 Å². The summed E-state index contributed by atoms with van der Waals surface area (Å²) in [7, 11) is 0. The van der Waals surface area contributed by atoms with E-state index >= 15 is 0 Å². The number of benzene rings is 2. The summed E-state index contributed by atoms with van der Waals surface area (Å²) in [5.41, 5.74) is 5.22.